The fraction of sp³-hybridized carbons (Fsp3) is 0.444. The topological polar surface area (TPSA) is 79.3 Å². The van der Waals surface area contributed by atoms with E-state index >= 15 is 0 Å². The zero-order valence-corrected chi connectivity index (χ0v) is 25.6. The van der Waals surface area contributed by atoms with E-state index in [2.05, 4.69) is 32.9 Å². The van der Waals surface area contributed by atoms with Gasteiger partial charge in [0.05, 0.1) is 25.4 Å². The molecule has 0 bridgehead atoms. The van der Waals surface area contributed by atoms with Crippen LogP contribution in [0.4, 0.5) is 11.4 Å². The molecule has 3 aliphatic rings. The third-order valence-corrected chi connectivity index (χ3v) is 10.1. The highest BCUT2D eigenvalue weighted by Crippen LogP contribution is 2.59. The molecule has 3 aliphatic heterocycles. The third-order valence-electron chi connectivity index (χ3n) is 10.1. The van der Waals surface area contributed by atoms with E-state index in [0.717, 1.165) is 53.2 Å². The van der Waals surface area contributed by atoms with E-state index in [1.165, 1.54) is 0 Å². The van der Waals surface area contributed by atoms with Crippen LogP contribution in [0, 0.1) is 11.8 Å². The number of rotatable bonds is 8. The molecule has 1 spiro atoms. The van der Waals surface area contributed by atoms with E-state index in [1.807, 2.05) is 70.5 Å². The molecule has 7 nitrogen and oxygen atoms in total. The van der Waals surface area contributed by atoms with Crippen molar-refractivity contribution < 1.29 is 24.2 Å². The van der Waals surface area contributed by atoms with Gasteiger partial charge in [0, 0.05) is 42.7 Å². The van der Waals surface area contributed by atoms with Crippen molar-refractivity contribution in [2.75, 3.05) is 30.1 Å². The highest BCUT2D eigenvalue weighted by atomic mass is 16.5. The number of carbonyl (C=O) groups excluding carboxylic acids is 2. The maximum Gasteiger partial charge on any atom is 0.264 e. The number of aliphatic hydroxyl groups excluding tert-OH is 1. The summed E-state index contributed by atoms with van der Waals surface area (Å²) >= 11 is 0. The molecule has 2 saturated heterocycles. The van der Waals surface area contributed by atoms with Gasteiger partial charge in [-0.25, -0.2) is 0 Å². The molecular weight excluding hydrogens is 540 g/mol. The lowest BCUT2D eigenvalue weighted by atomic mass is 9.63. The molecule has 0 aromatic heterocycles. The van der Waals surface area contributed by atoms with Gasteiger partial charge in [0.2, 0.25) is 5.91 Å². The van der Waals surface area contributed by atoms with Crippen LogP contribution in [-0.4, -0.2) is 43.3 Å². The van der Waals surface area contributed by atoms with E-state index in [4.69, 9.17) is 9.47 Å². The molecule has 3 aromatic rings. The van der Waals surface area contributed by atoms with E-state index in [9.17, 15) is 14.7 Å². The van der Waals surface area contributed by atoms with Gasteiger partial charge >= 0.3 is 0 Å². The van der Waals surface area contributed by atoms with Crippen LogP contribution < -0.4 is 14.5 Å². The highest BCUT2D eigenvalue weighted by Gasteiger charge is 2.65. The summed E-state index contributed by atoms with van der Waals surface area (Å²) in [6.45, 7) is 7.68. The van der Waals surface area contributed by atoms with Gasteiger partial charge in [-0.3, -0.25) is 9.59 Å². The van der Waals surface area contributed by atoms with Crippen LogP contribution in [0.1, 0.15) is 63.1 Å². The standard InChI is InChI=1S/C36H42N2O5/c1-24-33(35(2,3)26-14-18-28(42-4)19-15-26)31(20-22-39)43-36(24)29-9-5-6-10-30(29)38(34(36)41)23-25-12-16-27(17-13-25)37-21-8-7-11-32(37)40/h5-6,9-10,12-19,24,31,33,39H,7-8,11,20-23H2,1-4H3/t24-,31+,33-,36+/m1/s1. The molecule has 2 fully saturated rings. The summed E-state index contributed by atoms with van der Waals surface area (Å²) < 4.78 is 12.3. The first-order chi connectivity index (χ1) is 20.7. The zero-order valence-electron chi connectivity index (χ0n) is 25.6. The second kappa shape index (κ2) is 11.4. The smallest absolute Gasteiger partial charge is 0.264 e. The summed E-state index contributed by atoms with van der Waals surface area (Å²) in [6, 6.07) is 24.1. The van der Waals surface area contributed by atoms with Crippen molar-refractivity contribution >= 4 is 23.2 Å². The van der Waals surface area contributed by atoms with Crippen molar-refractivity contribution in [2.24, 2.45) is 11.8 Å². The number of fused-ring (bicyclic) bond motifs is 2. The van der Waals surface area contributed by atoms with Gasteiger partial charge in [-0.15, -0.1) is 0 Å². The molecule has 7 heteroatoms. The predicted molar refractivity (Wildman–Crippen MR) is 167 cm³/mol. The second-order valence-corrected chi connectivity index (χ2v) is 12.7. The number of hydrogen-bond donors (Lipinski definition) is 1. The van der Waals surface area contributed by atoms with Crippen LogP contribution in [-0.2, 0) is 31.9 Å². The second-order valence-electron chi connectivity index (χ2n) is 12.7. The van der Waals surface area contributed by atoms with Gasteiger partial charge in [0.15, 0.2) is 5.60 Å². The monoisotopic (exact) mass is 582 g/mol. The largest absolute Gasteiger partial charge is 0.497 e. The van der Waals surface area contributed by atoms with Gasteiger partial charge in [0.1, 0.15) is 5.75 Å². The first-order valence-electron chi connectivity index (χ1n) is 15.5. The Morgan fingerprint density at radius 2 is 1.72 bits per heavy atom. The summed E-state index contributed by atoms with van der Waals surface area (Å²) in [5.41, 5.74) is 3.28. The number of carbonyl (C=O) groups is 2. The van der Waals surface area contributed by atoms with Crippen LogP contribution in [0.3, 0.4) is 0 Å². The first kappa shape index (κ1) is 29.4. The maximum atomic E-state index is 14.7. The van der Waals surface area contributed by atoms with E-state index in [-0.39, 0.29) is 41.8 Å². The van der Waals surface area contributed by atoms with Crippen molar-refractivity contribution in [3.63, 3.8) is 0 Å². The number of para-hydroxylation sites is 1. The Morgan fingerprint density at radius 3 is 2.40 bits per heavy atom. The van der Waals surface area contributed by atoms with Crippen molar-refractivity contribution in [3.05, 3.63) is 89.5 Å². The molecule has 0 unspecified atom stereocenters. The number of nitrogens with zero attached hydrogens (tertiary/aromatic N) is 2. The summed E-state index contributed by atoms with van der Waals surface area (Å²) in [5, 5.41) is 10.1. The molecule has 226 valence electrons. The lowest BCUT2D eigenvalue weighted by Gasteiger charge is -2.38. The van der Waals surface area contributed by atoms with E-state index < -0.39 is 5.60 Å². The molecular formula is C36H42N2O5. The van der Waals surface area contributed by atoms with Gasteiger partial charge in [0.25, 0.3) is 5.91 Å². The Bertz CT molecular complexity index is 1480. The fourth-order valence-corrected chi connectivity index (χ4v) is 7.86. The van der Waals surface area contributed by atoms with E-state index in [0.29, 0.717) is 19.4 Å². The van der Waals surface area contributed by atoms with Crippen LogP contribution in [0.2, 0.25) is 0 Å². The average molecular weight is 583 g/mol. The number of methoxy groups -OCH3 is 1. The lowest BCUT2D eigenvalue weighted by molar-refractivity contribution is -0.146. The average Bonchev–Trinajstić information content (AvgIpc) is 3.45. The Kier molecular flexibility index (Phi) is 7.82. The third kappa shape index (κ3) is 4.83. The van der Waals surface area contributed by atoms with Gasteiger partial charge in [-0.1, -0.05) is 63.2 Å². The molecule has 43 heavy (non-hydrogen) atoms. The van der Waals surface area contributed by atoms with Gasteiger partial charge < -0.3 is 24.4 Å². The molecule has 2 amide bonds. The number of anilines is 2. The SMILES string of the molecule is COc1ccc(C(C)(C)[C@H]2[C@H](CCO)O[C@@]3(C(=O)N(Cc4ccc(N5CCCCC5=O)cc4)c4ccccc43)[C@@H]2C)cc1. The Morgan fingerprint density at radius 1 is 1.00 bits per heavy atom. The number of piperidine rings is 1. The first-order valence-corrected chi connectivity index (χ1v) is 15.5. The van der Waals surface area contributed by atoms with Crippen LogP contribution >= 0.6 is 0 Å². The van der Waals surface area contributed by atoms with Crippen LogP contribution in [0.25, 0.3) is 0 Å². The normalized spacial score (nSPS) is 25.5. The number of aliphatic hydroxyl groups is 1. The maximum absolute atomic E-state index is 14.7. The van der Waals surface area contributed by atoms with Crippen LogP contribution in [0.15, 0.2) is 72.8 Å². The Balaban J connectivity index is 1.33. The fourth-order valence-electron chi connectivity index (χ4n) is 7.86. The highest BCUT2D eigenvalue weighted by molar-refractivity contribution is 6.07. The van der Waals surface area contributed by atoms with Crippen molar-refractivity contribution in [1.82, 2.24) is 0 Å². The van der Waals surface area contributed by atoms with Crippen molar-refractivity contribution in [3.8, 4) is 5.75 Å². The minimum Gasteiger partial charge on any atom is -0.497 e. The van der Waals surface area contributed by atoms with E-state index in [1.54, 1.807) is 7.11 Å². The number of benzene rings is 3. The number of hydrogen-bond acceptors (Lipinski definition) is 5. The van der Waals surface area contributed by atoms with Gasteiger partial charge in [-0.2, -0.15) is 0 Å². The molecule has 3 heterocycles. The molecule has 0 aliphatic carbocycles. The molecule has 3 aromatic carbocycles. The summed E-state index contributed by atoms with van der Waals surface area (Å²) in [5.74, 6) is 0.706. The Hall–Kier alpha value is -3.68. The molecule has 0 saturated carbocycles. The minimum atomic E-state index is -1.15. The summed E-state index contributed by atoms with van der Waals surface area (Å²) in [6.07, 6.45) is 2.69. The van der Waals surface area contributed by atoms with Gasteiger partial charge in [-0.05, 0) is 66.1 Å². The molecule has 0 radical (unpaired) electrons. The Labute approximate surface area is 254 Å². The minimum absolute atomic E-state index is 0.0198. The van der Waals surface area contributed by atoms with Crippen LogP contribution in [0.5, 0.6) is 5.75 Å². The predicted octanol–water partition coefficient (Wildman–Crippen LogP) is 5.97. The summed E-state index contributed by atoms with van der Waals surface area (Å²) in [7, 11) is 1.66. The summed E-state index contributed by atoms with van der Waals surface area (Å²) in [4.78, 5) is 30.8. The quantitative estimate of drug-likeness (QED) is 0.354. The lowest BCUT2D eigenvalue weighted by Crippen LogP contribution is -2.45. The zero-order chi connectivity index (χ0) is 30.4. The molecule has 6 rings (SSSR count). The molecule has 1 N–H and O–H groups in total. The van der Waals surface area contributed by atoms with Crippen molar-refractivity contribution in [1.29, 1.82) is 0 Å². The number of amides is 2. The van der Waals surface area contributed by atoms with Crippen molar-refractivity contribution in [2.45, 2.75) is 70.1 Å². The number of ether oxygens (including phenoxy) is 2. The molecule has 4 atom stereocenters.